The summed E-state index contributed by atoms with van der Waals surface area (Å²) in [5.74, 6) is 1.05. The number of aliphatic imine (C=N–C) groups is 1. The number of hydrogen-bond donors (Lipinski definition) is 1. The number of benzene rings is 3. The van der Waals surface area contributed by atoms with Crippen LogP contribution in [0.15, 0.2) is 71.7 Å². The summed E-state index contributed by atoms with van der Waals surface area (Å²) in [4.78, 5) is 4.58. The fourth-order valence-electron chi connectivity index (χ4n) is 3.82. The van der Waals surface area contributed by atoms with E-state index in [0.29, 0.717) is 17.8 Å². The zero-order chi connectivity index (χ0) is 20.4. The molecule has 0 saturated heterocycles. The van der Waals surface area contributed by atoms with E-state index in [4.69, 9.17) is 10.5 Å². The zero-order valence-electron chi connectivity index (χ0n) is 16.0. The highest BCUT2D eigenvalue weighted by atomic mass is 19.1. The second kappa shape index (κ2) is 7.40. The lowest BCUT2D eigenvalue weighted by molar-refractivity contribution is 0.309. The van der Waals surface area contributed by atoms with Gasteiger partial charge in [0.15, 0.2) is 0 Å². The third-order valence-electron chi connectivity index (χ3n) is 5.35. The molecule has 29 heavy (non-hydrogen) atoms. The first-order valence-corrected chi connectivity index (χ1v) is 9.28. The van der Waals surface area contributed by atoms with E-state index in [0.717, 1.165) is 33.6 Å². The predicted molar refractivity (Wildman–Crippen MR) is 112 cm³/mol. The average molecular weight is 385 g/mol. The maximum atomic E-state index is 14.5. The Morgan fingerprint density at radius 2 is 1.86 bits per heavy atom. The van der Waals surface area contributed by atoms with Crippen LogP contribution in [0.3, 0.4) is 0 Å². The highest BCUT2D eigenvalue weighted by molar-refractivity contribution is 6.00. The van der Waals surface area contributed by atoms with Gasteiger partial charge in [0.2, 0.25) is 0 Å². The Hall–Kier alpha value is -3.65. The van der Waals surface area contributed by atoms with Crippen molar-refractivity contribution in [2.24, 2.45) is 10.7 Å². The summed E-state index contributed by atoms with van der Waals surface area (Å²) in [6.45, 7) is -0.689. The Morgan fingerprint density at radius 1 is 1.10 bits per heavy atom. The quantitative estimate of drug-likeness (QED) is 0.725. The van der Waals surface area contributed by atoms with Crippen LogP contribution < -0.4 is 10.5 Å². The van der Waals surface area contributed by atoms with Crippen LogP contribution in [0.4, 0.5) is 4.39 Å². The summed E-state index contributed by atoms with van der Waals surface area (Å²) in [7, 11) is 1.63. The molecule has 0 aromatic heterocycles. The molecule has 0 amide bonds. The van der Waals surface area contributed by atoms with Gasteiger partial charge in [-0.25, -0.2) is 4.39 Å². The van der Waals surface area contributed by atoms with Crippen LogP contribution >= 0.6 is 0 Å². The van der Waals surface area contributed by atoms with Crippen molar-refractivity contribution in [3.63, 3.8) is 0 Å². The Kier molecular flexibility index (Phi) is 4.77. The number of alkyl halides is 1. The van der Waals surface area contributed by atoms with Gasteiger partial charge in [0.1, 0.15) is 23.8 Å². The first-order chi connectivity index (χ1) is 14.1. The van der Waals surface area contributed by atoms with Crippen molar-refractivity contribution < 1.29 is 9.13 Å². The summed E-state index contributed by atoms with van der Waals surface area (Å²) < 4.78 is 19.8. The Labute approximate surface area is 169 Å². The zero-order valence-corrected chi connectivity index (χ0v) is 16.0. The average Bonchev–Trinajstić information content (AvgIpc) is 2.78. The van der Waals surface area contributed by atoms with Crippen LogP contribution in [-0.2, 0) is 12.0 Å². The number of ether oxygens (including phenoxy) is 1. The number of fused-ring (bicyclic) bond motifs is 1. The lowest BCUT2D eigenvalue weighted by Crippen LogP contribution is -2.37. The number of hydrogen-bond acceptors (Lipinski definition) is 4. The molecule has 3 aromatic rings. The largest absolute Gasteiger partial charge is 0.497 e. The number of nitrogens with two attached hydrogens (primary N) is 1. The van der Waals surface area contributed by atoms with E-state index in [2.05, 4.69) is 11.1 Å². The number of methoxy groups -OCH3 is 1. The number of halogens is 1. The van der Waals surface area contributed by atoms with Gasteiger partial charge in [-0.2, -0.15) is 5.26 Å². The van der Waals surface area contributed by atoms with Gasteiger partial charge in [0.05, 0.1) is 18.7 Å². The molecule has 1 aliphatic heterocycles. The maximum absolute atomic E-state index is 14.5. The topological polar surface area (TPSA) is 71.4 Å². The number of amidine groups is 1. The third kappa shape index (κ3) is 3.34. The monoisotopic (exact) mass is 385 g/mol. The molecular weight excluding hydrogens is 365 g/mol. The second-order valence-electron chi connectivity index (χ2n) is 7.14. The fraction of sp³-hybridized carbons (Fsp3) is 0.167. The molecule has 2 N–H and O–H groups in total. The summed E-state index contributed by atoms with van der Waals surface area (Å²) in [5, 5.41) is 9.22. The Bertz CT molecular complexity index is 1150. The Morgan fingerprint density at radius 3 is 2.59 bits per heavy atom. The molecule has 3 aromatic carbocycles. The van der Waals surface area contributed by atoms with E-state index in [-0.39, 0.29) is 0 Å². The molecule has 144 valence electrons. The van der Waals surface area contributed by atoms with E-state index < -0.39 is 12.2 Å². The predicted octanol–water partition coefficient (Wildman–Crippen LogP) is 4.36. The van der Waals surface area contributed by atoms with Crippen LogP contribution in [-0.4, -0.2) is 19.6 Å². The lowest BCUT2D eigenvalue weighted by Gasteiger charge is -2.33. The minimum atomic E-state index is -1.11. The van der Waals surface area contributed by atoms with Gasteiger partial charge in [-0.05, 0) is 58.7 Å². The number of nitriles is 1. The van der Waals surface area contributed by atoms with Crippen molar-refractivity contribution in [2.75, 3.05) is 13.8 Å². The molecule has 0 aliphatic carbocycles. The number of nitrogens with zero attached hydrogens (tertiary/aromatic N) is 2. The summed E-state index contributed by atoms with van der Waals surface area (Å²) in [5.41, 5.74) is 9.87. The van der Waals surface area contributed by atoms with Crippen LogP contribution in [0.2, 0.25) is 0 Å². The molecule has 1 heterocycles. The van der Waals surface area contributed by atoms with Crippen molar-refractivity contribution >= 4 is 5.84 Å². The molecule has 4 nitrogen and oxygen atoms in total. The maximum Gasteiger partial charge on any atom is 0.126 e. The van der Waals surface area contributed by atoms with Gasteiger partial charge in [-0.1, -0.05) is 30.3 Å². The molecule has 0 spiro atoms. The van der Waals surface area contributed by atoms with E-state index >= 15 is 0 Å². The van der Waals surface area contributed by atoms with Gasteiger partial charge in [-0.3, -0.25) is 4.99 Å². The molecule has 4 rings (SSSR count). The molecule has 0 saturated carbocycles. The number of rotatable bonds is 4. The van der Waals surface area contributed by atoms with Crippen LogP contribution in [0, 0.1) is 11.3 Å². The van der Waals surface area contributed by atoms with E-state index in [9.17, 15) is 9.65 Å². The van der Waals surface area contributed by atoms with E-state index in [1.165, 1.54) is 0 Å². The van der Waals surface area contributed by atoms with Gasteiger partial charge in [0, 0.05) is 12.0 Å². The van der Waals surface area contributed by atoms with Gasteiger partial charge in [0.25, 0.3) is 0 Å². The van der Waals surface area contributed by atoms with Crippen molar-refractivity contribution in [1.82, 2.24) is 0 Å². The normalized spacial score (nSPS) is 17.8. The molecule has 1 aliphatic rings. The van der Waals surface area contributed by atoms with E-state index in [1.54, 1.807) is 25.3 Å². The van der Waals surface area contributed by atoms with Gasteiger partial charge < -0.3 is 10.5 Å². The summed E-state index contributed by atoms with van der Waals surface area (Å²) in [6.07, 6.45) is 0.344. The smallest absolute Gasteiger partial charge is 0.126 e. The molecule has 0 fully saturated rings. The van der Waals surface area contributed by atoms with E-state index in [1.807, 2.05) is 48.5 Å². The van der Waals surface area contributed by atoms with Gasteiger partial charge >= 0.3 is 0 Å². The summed E-state index contributed by atoms with van der Waals surface area (Å²) in [6, 6.07) is 22.8. The molecule has 5 heteroatoms. The first-order valence-electron chi connectivity index (χ1n) is 9.28. The van der Waals surface area contributed by atoms with Crippen molar-refractivity contribution in [3.8, 4) is 22.9 Å². The molecule has 1 unspecified atom stereocenters. The van der Waals surface area contributed by atoms with Crippen molar-refractivity contribution in [1.29, 1.82) is 5.26 Å². The Balaban J connectivity index is 1.80. The van der Waals surface area contributed by atoms with Crippen molar-refractivity contribution in [3.05, 3.63) is 89.0 Å². The lowest BCUT2D eigenvalue weighted by atomic mass is 9.80. The SMILES string of the molecule is COc1cccc(-c2cccc(C3(CF)Cc4cc(C#N)ccc4C(N)=N3)c2)c1. The third-order valence-corrected chi connectivity index (χ3v) is 5.35. The van der Waals surface area contributed by atoms with Crippen molar-refractivity contribution in [2.45, 2.75) is 12.0 Å². The fourth-order valence-corrected chi connectivity index (χ4v) is 3.82. The molecule has 1 atom stereocenters. The standard InChI is InChI=1S/C24H20FN3O/c1-29-21-7-3-5-18(12-21)17-4-2-6-20(11-17)24(15-25)13-19-10-16(14-26)8-9-22(19)23(27)28-24/h2-12H,13,15H2,1H3,(H2,27,28). The minimum Gasteiger partial charge on any atom is -0.497 e. The summed E-state index contributed by atoms with van der Waals surface area (Å²) >= 11 is 0. The highest BCUT2D eigenvalue weighted by Crippen LogP contribution is 2.38. The minimum absolute atomic E-state index is 0.292. The van der Waals surface area contributed by atoms with Crippen LogP contribution in [0.1, 0.15) is 22.3 Å². The highest BCUT2D eigenvalue weighted by Gasteiger charge is 2.37. The molecule has 0 bridgehead atoms. The van der Waals surface area contributed by atoms with Gasteiger partial charge in [-0.15, -0.1) is 0 Å². The first kappa shape index (κ1) is 18.7. The molecule has 0 radical (unpaired) electrons. The van der Waals surface area contributed by atoms with Crippen LogP contribution in [0.5, 0.6) is 5.75 Å². The molecular formula is C24H20FN3O. The van der Waals surface area contributed by atoms with Crippen LogP contribution in [0.25, 0.3) is 11.1 Å². The second-order valence-corrected chi connectivity index (χ2v) is 7.14.